The van der Waals surface area contributed by atoms with Crippen molar-refractivity contribution in [2.24, 2.45) is 0 Å². The van der Waals surface area contributed by atoms with Crippen LogP contribution in [0.25, 0.3) is 0 Å². The summed E-state index contributed by atoms with van der Waals surface area (Å²) in [5.74, 6) is 0.198. The number of amides is 2. The van der Waals surface area contributed by atoms with Crippen molar-refractivity contribution in [3.05, 3.63) is 34.0 Å². The quantitative estimate of drug-likeness (QED) is 0.783. The molecule has 5 nitrogen and oxygen atoms in total. The second-order valence-corrected chi connectivity index (χ2v) is 8.20. The fourth-order valence-electron chi connectivity index (χ4n) is 3.56. The van der Waals surface area contributed by atoms with Gasteiger partial charge in [-0.2, -0.15) is 0 Å². The summed E-state index contributed by atoms with van der Waals surface area (Å²) in [6.45, 7) is 4.08. The predicted octanol–water partition coefficient (Wildman–Crippen LogP) is 1.99. The number of thiophene rings is 1. The summed E-state index contributed by atoms with van der Waals surface area (Å²) >= 11 is 1.55. The first-order chi connectivity index (χ1) is 11.5. The second-order valence-electron chi connectivity index (χ2n) is 6.92. The van der Waals surface area contributed by atoms with Gasteiger partial charge in [-0.25, -0.2) is 0 Å². The molecule has 0 aliphatic carbocycles. The normalized spacial score (nSPS) is 23.5. The molecule has 2 saturated heterocycles. The second kappa shape index (κ2) is 7.07. The number of piperazine rings is 1. The van der Waals surface area contributed by atoms with Crippen molar-refractivity contribution < 1.29 is 9.59 Å². The fraction of sp³-hybridized carbons (Fsp3) is 0.556. The maximum absolute atomic E-state index is 12.8. The molecule has 2 aliphatic heterocycles. The van der Waals surface area contributed by atoms with Gasteiger partial charge in [0.05, 0.1) is 17.0 Å². The molecule has 1 aromatic heterocycles. The van der Waals surface area contributed by atoms with Gasteiger partial charge < -0.3 is 14.7 Å². The molecule has 1 aromatic rings. The van der Waals surface area contributed by atoms with E-state index in [1.54, 1.807) is 17.4 Å². The van der Waals surface area contributed by atoms with Crippen LogP contribution in [0.4, 0.5) is 0 Å². The topological polar surface area (TPSA) is 43.9 Å². The molecule has 0 N–H and O–H groups in total. The van der Waals surface area contributed by atoms with E-state index in [9.17, 15) is 9.59 Å². The lowest BCUT2D eigenvalue weighted by Crippen LogP contribution is -2.56. The molecule has 2 amide bonds. The van der Waals surface area contributed by atoms with Crippen LogP contribution in [0.3, 0.4) is 0 Å². The van der Waals surface area contributed by atoms with Gasteiger partial charge in [-0.05, 0) is 46.0 Å². The van der Waals surface area contributed by atoms with E-state index in [0.29, 0.717) is 13.1 Å². The number of hydrogen-bond acceptors (Lipinski definition) is 4. The maximum atomic E-state index is 12.8. The van der Waals surface area contributed by atoms with Crippen molar-refractivity contribution in [1.82, 2.24) is 14.7 Å². The number of aryl methyl sites for hydroxylation is 1. The molecule has 2 unspecified atom stereocenters. The largest absolute Gasteiger partial charge is 0.335 e. The molecule has 0 aromatic carbocycles. The summed E-state index contributed by atoms with van der Waals surface area (Å²) in [7, 11) is 3.96. The van der Waals surface area contributed by atoms with Crippen LogP contribution in [0, 0.1) is 6.92 Å². The third-order valence-corrected chi connectivity index (χ3v) is 5.70. The van der Waals surface area contributed by atoms with Gasteiger partial charge in [0.1, 0.15) is 0 Å². The van der Waals surface area contributed by atoms with Crippen LogP contribution >= 0.6 is 11.3 Å². The Morgan fingerprint density at radius 3 is 2.46 bits per heavy atom. The fourth-order valence-corrected chi connectivity index (χ4v) is 4.37. The molecule has 2 atom stereocenters. The van der Waals surface area contributed by atoms with E-state index in [-0.39, 0.29) is 23.9 Å². The summed E-state index contributed by atoms with van der Waals surface area (Å²) in [5, 5.41) is 0. The Morgan fingerprint density at radius 2 is 1.92 bits per heavy atom. The third-order valence-electron chi connectivity index (χ3n) is 4.71. The molecule has 3 rings (SSSR count). The number of hydrogen-bond donors (Lipinski definition) is 0. The number of rotatable bonds is 4. The van der Waals surface area contributed by atoms with E-state index in [2.05, 4.69) is 0 Å². The Labute approximate surface area is 147 Å². The highest BCUT2D eigenvalue weighted by Crippen LogP contribution is 2.32. The van der Waals surface area contributed by atoms with Crippen LogP contribution in [0.5, 0.6) is 0 Å². The Bertz CT molecular complexity index is 638. The average Bonchev–Trinajstić information content (AvgIpc) is 3.07. The Balaban J connectivity index is 1.65. The first-order valence-electron chi connectivity index (χ1n) is 8.45. The number of carbonyl (C=O) groups excluding carboxylic acids is 2. The lowest BCUT2D eigenvalue weighted by atomic mass is 10.1. The molecule has 3 heterocycles. The molecule has 2 fully saturated rings. The Morgan fingerprint density at radius 1 is 1.25 bits per heavy atom. The van der Waals surface area contributed by atoms with Gasteiger partial charge >= 0.3 is 0 Å². The zero-order valence-corrected chi connectivity index (χ0v) is 15.4. The molecule has 2 bridgehead atoms. The third kappa shape index (κ3) is 3.54. The van der Waals surface area contributed by atoms with Gasteiger partial charge in [0.15, 0.2) is 0 Å². The van der Waals surface area contributed by atoms with Gasteiger partial charge in [0.2, 0.25) is 5.91 Å². The number of carbonyl (C=O) groups is 2. The molecule has 130 valence electrons. The molecule has 2 aliphatic rings. The standard InChI is InChI=1S/C18H25N3O2S/c1-13-6-9-16(24-13)18(23)21-14-7-8-15(21)12-20(11-14)17(22)5-4-10-19(2)3/h4-6,9,14-15H,7-8,10-12H2,1-3H3/b5-4+. The highest BCUT2D eigenvalue weighted by Gasteiger charge is 2.43. The van der Waals surface area contributed by atoms with Crippen molar-refractivity contribution >= 4 is 23.2 Å². The van der Waals surface area contributed by atoms with Gasteiger partial charge in [-0.3, -0.25) is 9.59 Å². The van der Waals surface area contributed by atoms with E-state index in [4.69, 9.17) is 0 Å². The number of nitrogens with zero attached hydrogens (tertiary/aromatic N) is 3. The molecule has 6 heteroatoms. The van der Waals surface area contributed by atoms with Crippen molar-refractivity contribution in [1.29, 1.82) is 0 Å². The smallest absolute Gasteiger partial charge is 0.264 e. The van der Waals surface area contributed by atoms with Crippen LogP contribution in [0.1, 0.15) is 27.4 Å². The minimum atomic E-state index is 0.0628. The summed E-state index contributed by atoms with van der Waals surface area (Å²) < 4.78 is 0. The summed E-state index contributed by atoms with van der Waals surface area (Å²) in [6.07, 6.45) is 5.55. The van der Waals surface area contributed by atoms with E-state index in [1.807, 2.05) is 53.9 Å². The predicted molar refractivity (Wildman–Crippen MR) is 96.3 cm³/mol. The molecule has 0 spiro atoms. The Kier molecular flexibility index (Phi) is 5.06. The van der Waals surface area contributed by atoms with Gasteiger partial charge in [-0.1, -0.05) is 6.08 Å². The van der Waals surface area contributed by atoms with E-state index in [1.165, 1.54) is 0 Å². The number of fused-ring (bicyclic) bond motifs is 2. The number of likely N-dealkylation sites (tertiary alicyclic amines) is 1. The summed E-state index contributed by atoms with van der Waals surface area (Å²) in [5.41, 5.74) is 0. The molecular weight excluding hydrogens is 322 g/mol. The summed E-state index contributed by atoms with van der Waals surface area (Å²) in [6, 6.07) is 4.23. The monoisotopic (exact) mass is 347 g/mol. The van der Waals surface area contributed by atoms with Crippen molar-refractivity contribution in [3.8, 4) is 0 Å². The maximum Gasteiger partial charge on any atom is 0.264 e. The highest BCUT2D eigenvalue weighted by atomic mass is 32.1. The van der Waals surface area contributed by atoms with E-state index >= 15 is 0 Å². The van der Waals surface area contributed by atoms with Crippen LogP contribution in [0.2, 0.25) is 0 Å². The Hall–Kier alpha value is -1.66. The van der Waals surface area contributed by atoms with Gasteiger partial charge in [0, 0.05) is 30.6 Å². The van der Waals surface area contributed by atoms with Crippen molar-refractivity contribution in [3.63, 3.8) is 0 Å². The van der Waals surface area contributed by atoms with Gasteiger partial charge in [0.25, 0.3) is 5.91 Å². The van der Waals surface area contributed by atoms with Crippen LogP contribution in [0.15, 0.2) is 24.3 Å². The zero-order chi connectivity index (χ0) is 17.3. The SMILES string of the molecule is Cc1ccc(C(=O)N2C3CCC2CN(C(=O)/C=C/CN(C)C)C3)s1. The van der Waals surface area contributed by atoms with E-state index in [0.717, 1.165) is 29.1 Å². The molecule has 24 heavy (non-hydrogen) atoms. The first kappa shape index (κ1) is 17.2. The van der Waals surface area contributed by atoms with E-state index < -0.39 is 0 Å². The van der Waals surface area contributed by atoms with Crippen LogP contribution in [-0.4, -0.2) is 72.3 Å². The minimum absolute atomic E-state index is 0.0628. The highest BCUT2D eigenvalue weighted by molar-refractivity contribution is 7.13. The summed E-state index contributed by atoms with van der Waals surface area (Å²) in [4.78, 5) is 33.1. The minimum Gasteiger partial charge on any atom is -0.335 e. The lowest BCUT2D eigenvalue weighted by Gasteiger charge is -2.40. The van der Waals surface area contributed by atoms with Crippen molar-refractivity contribution in [2.75, 3.05) is 33.7 Å². The molecule has 0 saturated carbocycles. The number of likely N-dealkylation sites (N-methyl/N-ethyl adjacent to an activating group) is 1. The van der Waals surface area contributed by atoms with Gasteiger partial charge in [-0.15, -0.1) is 11.3 Å². The molecular formula is C18H25N3O2S. The first-order valence-corrected chi connectivity index (χ1v) is 9.26. The van der Waals surface area contributed by atoms with Crippen LogP contribution < -0.4 is 0 Å². The van der Waals surface area contributed by atoms with Crippen LogP contribution in [-0.2, 0) is 4.79 Å². The average molecular weight is 347 g/mol. The lowest BCUT2D eigenvalue weighted by molar-refractivity contribution is -0.128. The zero-order valence-electron chi connectivity index (χ0n) is 14.6. The van der Waals surface area contributed by atoms with Crippen molar-refractivity contribution in [2.45, 2.75) is 31.8 Å². The molecule has 0 radical (unpaired) electrons.